The Hall–Kier alpha value is -2.92. The number of aliphatic hydroxyl groups is 1. The van der Waals surface area contributed by atoms with E-state index in [1.54, 1.807) is 24.5 Å². The summed E-state index contributed by atoms with van der Waals surface area (Å²) in [5.41, 5.74) is 2.58. The van der Waals surface area contributed by atoms with E-state index in [9.17, 15) is 9.90 Å². The number of hydrogen-bond acceptors (Lipinski definition) is 3. The lowest BCUT2D eigenvalue weighted by Gasteiger charge is -2.28. The van der Waals surface area contributed by atoms with Crippen LogP contribution in [0.25, 0.3) is 5.69 Å². The Morgan fingerprint density at radius 3 is 2.48 bits per heavy atom. The van der Waals surface area contributed by atoms with Gasteiger partial charge in [-0.05, 0) is 36.2 Å². The lowest BCUT2D eigenvalue weighted by molar-refractivity contribution is 0.0705. The molecule has 0 aliphatic rings. The molecule has 0 saturated heterocycles. The Morgan fingerprint density at radius 2 is 1.88 bits per heavy atom. The number of hydrogen-bond donors (Lipinski definition) is 1. The topological polar surface area (TPSA) is 58.4 Å². The fourth-order valence-corrected chi connectivity index (χ4v) is 2.91. The molecule has 5 nitrogen and oxygen atoms in total. The third-order valence-corrected chi connectivity index (χ3v) is 4.29. The molecule has 1 amide bonds. The maximum atomic E-state index is 12.9. The summed E-state index contributed by atoms with van der Waals surface area (Å²) in [5.74, 6) is -0.0699. The highest BCUT2D eigenvalue weighted by molar-refractivity contribution is 5.94. The molecule has 5 heteroatoms. The van der Waals surface area contributed by atoms with Crippen molar-refractivity contribution in [1.29, 1.82) is 0 Å². The number of benzene rings is 2. The molecule has 0 saturated carbocycles. The molecule has 0 spiro atoms. The molecule has 0 radical (unpaired) electrons. The van der Waals surface area contributed by atoms with Crippen LogP contribution in [0.5, 0.6) is 0 Å². The zero-order chi connectivity index (χ0) is 17.6. The van der Waals surface area contributed by atoms with Gasteiger partial charge >= 0.3 is 0 Å². The smallest absolute Gasteiger partial charge is 0.254 e. The second kappa shape index (κ2) is 7.77. The van der Waals surface area contributed by atoms with E-state index in [0.717, 1.165) is 11.3 Å². The van der Waals surface area contributed by atoms with Gasteiger partial charge in [0.2, 0.25) is 0 Å². The first kappa shape index (κ1) is 16.9. The number of nitrogens with zero attached hydrogens (tertiary/aromatic N) is 3. The third-order valence-electron chi connectivity index (χ3n) is 4.29. The van der Waals surface area contributed by atoms with Gasteiger partial charge < -0.3 is 14.6 Å². The first-order valence-electron chi connectivity index (χ1n) is 8.22. The number of rotatable bonds is 6. The molecule has 1 N–H and O–H groups in total. The summed E-state index contributed by atoms with van der Waals surface area (Å²) in [5, 5.41) is 9.39. The SMILES string of the molecule is CN(C(=O)c1ccc(-n2ccnc2)cc1)C(CCO)c1ccccc1. The molecule has 3 aromatic rings. The van der Waals surface area contributed by atoms with Gasteiger partial charge in [0.15, 0.2) is 0 Å². The summed E-state index contributed by atoms with van der Waals surface area (Å²) in [4.78, 5) is 18.6. The van der Waals surface area contributed by atoms with Gasteiger partial charge in [0.25, 0.3) is 5.91 Å². The first-order chi connectivity index (χ1) is 12.2. The number of aromatic nitrogens is 2. The van der Waals surface area contributed by atoms with Gasteiger partial charge in [-0.3, -0.25) is 4.79 Å². The number of aliphatic hydroxyl groups excluding tert-OH is 1. The van der Waals surface area contributed by atoms with Crippen LogP contribution < -0.4 is 0 Å². The van der Waals surface area contributed by atoms with Gasteiger partial charge in [-0.15, -0.1) is 0 Å². The Kier molecular flexibility index (Phi) is 5.26. The standard InChI is InChI=1S/C20H21N3O2/c1-22(19(11-14-24)16-5-3-2-4-6-16)20(25)17-7-9-18(10-8-17)23-13-12-21-15-23/h2-10,12-13,15,19,24H,11,14H2,1H3. The van der Waals surface area contributed by atoms with Crippen molar-refractivity contribution < 1.29 is 9.90 Å². The zero-order valence-corrected chi connectivity index (χ0v) is 14.1. The van der Waals surface area contributed by atoms with Gasteiger partial charge in [-0.2, -0.15) is 0 Å². The van der Waals surface area contributed by atoms with Crippen molar-refractivity contribution in [1.82, 2.24) is 14.5 Å². The van der Waals surface area contributed by atoms with E-state index >= 15 is 0 Å². The highest BCUT2D eigenvalue weighted by atomic mass is 16.3. The van der Waals surface area contributed by atoms with E-state index in [1.165, 1.54) is 0 Å². The summed E-state index contributed by atoms with van der Waals surface area (Å²) in [6, 6.07) is 17.0. The van der Waals surface area contributed by atoms with Crippen molar-refractivity contribution in [3.63, 3.8) is 0 Å². The maximum absolute atomic E-state index is 12.9. The monoisotopic (exact) mass is 335 g/mol. The van der Waals surface area contributed by atoms with E-state index < -0.39 is 0 Å². The normalized spacial score (nSPS) is 11.9. The van der Waals surface area contributed by atoms with E-state index in [4.69, 9.17) is 0 Å². The second-order valence-electron chi connectivity index (χ2n) is 5.87. The van der Waals surface area contributed by atoms with Crippen molar-refractivity contribution in [2.45, 2.75) is 12.5 Å². The van der Waals surface area contributed by atoms with Crippen LogP contribution in [0, 0.1) is 0 Å². The first-order valence-corrected chi connectivity index (χ1v) is 8.22. The average molecular weight is 335 g/mol. The van der Waals surface area contributed by atoms with Crippen LogP contribution in [0.3, 0.4) is 0 Å². The summed E-state index contributed by atoms with van der Waals surface area (Å²) in [6.07, 6.45) is 5.79. The number of carbonyl (C=O) groups excluding carboxylic acids is 1. The molecule has 0 bridgehead atoms. The Balaban J connectivity index is 1.80. The van der Waals surface area contributed by atoms with Crippen molar-refractivity contribution in [3.8, 4) is 5.69 Å². The molecule has 0 aliphatic carbocycles. The van der Waals surface area contributed by atoms with Crippen LogP contribution in [0.15, 0.2) is 73.3 Å². The molecule has 1 unspecified atom stereocenters. The fourth-order valence-electron chi connectivity index (χ4n) is 2.91. The van der Waals surface area contributed by atoms with Crippen LogP contribution >= 0.6 is 0 Å². The van der Waals surface area contributed by atoms with Crippen molar-refractivity contribution in [2.24, 2.45) is 0 Å². The summed E-state index contributed by atoms with van der Waals surface area (Å²) in [6.45, 7) is 0.0246. The van der Waals surface area contributed by atoms with Crippen molar-refractivity contribution >= 4 is 5.91 Å². The molecule has 1 heterocycles. The van der Waals surface area contributed by atoms with Crippen LogP contribution in [0.2, 0.25) is 0 Å². The Labute approximate surface area is 147 Å². The molecule has 0 aliphatic heterocycles. The second-order valence-corrected chi connectivity index (χ2v) is 5.87. The summed E-state index contributed by atoms with van der Waals surface area (Å²) < 4.78 is 1.89. The van der Waals surface area contributed by atoms with Gasteiger partial charge in [-0.25, -0.2) is 4.98 Å². The van der Waals surface area contributed by atoms with Crippen LogP contribution in [-0.2, 0) is 0 Å². The number of carbonyl (C=O) groups is 1. The minimum absolute atomic E-state index is 0.0246. The Bertz CT molecular complexity index is 799. The molecule has 0 fully saturated rings. The van der Waals surface area contributed by atoms with Crippen LogP contribution in [-0.4, -0.2) is 39.1 Å². The molecule has 2 aromatic carbocycles. The van der Waals surface area contributed by atoms with Gasteiger partial charge in [0, 0.05) is 37.3 Å². The maximum Gasteiger partial charge on any atom is 0.254 e. The lowest BCUT2D eigenvalue weighted by atomic mass is 10.0. The predicted molar refractivity (Wildman–Crippen MR) is 96.5 cm³/mol. The van der Waals surface area contributed by atoms with Gasteiger partial charge in [0.05, 0.1) is 12.4 Å². The number of imidazole rings is 1. The van der Waals surface area contributed by atoms with E-state index in [1.807, 2.05) is 65.4 Å². The molecule has 1 aromatic heterocycles. The summed E-state index contributed by atoms with van der Waals surface area (Å²) >= 11 is 0. The van der Waals surface area contributed by atoms with Gasteiger partial charge in [-0.1, -0.05) is 30.3 Å². The lowest BCUT2D eigenvalue weighted by Crippen LogP contribution is -2.31. The van der Waals surface area contributed by atoms with Gasteiger partial charge in [0.1, 0.15) is 0 Å². The van der Waals surface area contributed by atoms with E-state index in [2.05, 4.69) is 4.98 Å². The predicted octanol–water partition coefficient (Wildman–Crippen LogP) is 3.07. The molecular formula is C20H21N3O2. The molecule has 3 rings (SSSR count). The average Bonchev–Trinajstić information content (AvgIpc) is 3.20. The minimum atomic E-state index is -0.160. The molecular weight excluding hydrogens is 314 g/mol. The third kappa shape index (κ3) is 3.78. The fraction of sp³-hybridized carbons (Fsp3) is 0.200. The highest BCUT2D eigenvalue weighted by Gasteiger charge is 2.22. The summed E-state index contributed by atoms with van der Waals surface area (Å²) in [7, 11) is 1.78. The Morgan fingerprint density at radius 1 is 1.16 bits per heavy atom. The zero-order valence-electron chi connectivity index (χ0n) is 14.1. The molecule has 25 heavy (non-hydrogen) atoms. The minimum Gasteiger partial charge on any atom is -0.396 e. The number of amides is 1. The van der Waals surface area contributed by atoms with E-state index in [0.29, 0.717) is 12.0 Å². The van der Waals surface area contributed by atoms with Crippen molar-refractivity contribution in [2.75, 3.05) is 13.7 Å². The van der Waals surface area contributed by atoms with Crippen molar-refractivity contribution in [3.05, 3.63) is 84.4 Å². The van der Waals surface area contributed by atoms with Crippen LogP contribution in [0.1, 0.15) is 28.4 Å². The largest absolute Gasteiger partial charge is 0.396 e. The quantitative estimate of drug-likeness (QED) is 0.753. The highest BCUT2D eigenvalue weighted by Crippen LogP contribution is 2.24. The molecule has 128 valence electrons. The van der Waals surface area contributed by atoms with E-state index in [-0.39, 0.29) is 18.6 Å². The molecule has 1 atom stereocenters. The van der Waals surface area contributed by atoms with Crippen LogP contribution in [0.4, 0.5) is 0 Å².